The number of para-hydroxylation sites is 1. The first-order valence-corrected chi connectivity index (χ1v) is 9.73. The molecule has 28 heavy (non-hydrogen) atoms. The number of carbonyl (C=O) groups excluding carboxylic acids is 1. The normalized spacial score (nSPS) is 11.4. The SMILES string of the molecule is CCc1nc(S/C(=C/c2ccccc2OCc2ccc(Cl)cc2)C(=O)[O-])n[nH]1. The molecule has 0 aliphatic rings. The zero-order valence-electron chi connectivity index (χ0n) is 15.0. The summed E-state index contributed by atoms with van der Waals surface area (Å²) in [7, 11) is 0. The van der Waals surface area contributed by atoms with Gasteiger partial charge in [0.05, 0.1) is 5.97 Å². The third-order valence-electron chi connectivity index (χ3n) is 3.76. The summed E-state index contributed by atoms with van der Waals surface area (Å²) in [6, 6.07) is 14.5. The van der Waals surface area contributed by atoms with Gasteiger partial charge in [0.25, 0.3) is 0 Å². The summed E-state index contributed by atoms with van der Waals surface area (Å²) in [6.45, 7) is 2.26. The largest absolute Gasteiger partial charge is 0.544 e. The molecule has 0 fully saturated rings. The van der Waals surface area contributed by atoms with Crippen molar-refractivity contribution >= 4 is 35.4 Å². The second-order valence-corrected chi connectivity index (χ2v) is 7.21. The van der Waals surface area contributed by atoms with Crippen molar-refractivity contribution in [3.8, 4) is 5.75 Å². The lowest BCUT2D eigenvalue weighted by Crippen LogP contribution is -2.23. The van der Waals surface area contributed by atoms with Gasteiger partial charge in [0.2, 0.25) is 5.16 Å². The highest BCUT2D eigenvalue weighted by molar-refractivity contribution is 8.04. The molecule has 3 rings (SSSR count). The molecule has 3 aromatic rings. The van der Waals surface area contributed by atoms with Crippen LogP contribution in [0.5, 0.6) is 5.75 Å². The van der Waals surface area contributed by atoms with E-state index >= 15 is 0 Å². The highest BCUT2D eigenvalue weighted by Gasteiger charge is 2.10. The molecule has 2 aromatic carbocycles. The smallest absolute Gasteiger partial charge is 0.213 e. The Bertz CT molecular complexity index is 986. The number of aliphatic carboxylic acids is 1. The summed E-state index contributed by atoms with van der Waals surface area (Å²) in [5, 5.41) is 19.3. The minimum atomic E-state index is -1.31. The lowest BCUT2D eigenvalue weighted by atomic mass is 10.2. The number of nitrogens with zero attached hydrogens (tertiary/aromatic N) is 2. The Morgan fingerprint density at radius 3 is 2.68 bits per heavy atom. The van der Waals surface area contributed by atoms with Gasteiger partial charge in [-0.2, -0.15) is 0 Å². The van der Waals surface area contributed by atoms with Crippen LogP contribution in [0.3, 0.4) is 0 Å². The van der Waals surface area contributed by atoms with Crippen molar-refractivity contribution in [2.45, 2.75) is 25.1 Å². The van der Waals surface area contributed by atoms with Crippen LogP contribution in [-0.2, 0) is 17.8 Å². The minimum absolute atomic E-state index is 0.0100. The number of thioether (sulfide) groups is 1. The number of rotatable bonds is 8. The summed E-state index contributed by atoms with van der Waals surface area (Å²) in [5.74, 6) is -0.0618. The maximum Gasteiger partial charge on any atom is 0.213 e. The first-order valence-electron chi connectivity index (χ1n) is 8.53. The number of carboxylic acid groups (broad SMARTS) is 1. The number of carboxylic acids is 1. The van der Waals surface area contributed by atoms with Crippen molar-refractivity contribution in [2.24, 2.45) is 0 Å². The van der Waals surface area contributed by atoms with E-state index in [0.717, 1.165) is 17.3 Å². The lowest BCUT2D eigenvalue weighted by Gasteiger charge is -2.11. The molecule has 8 heteroatoms. The van der Waals surface area contributed by atoms with Crippen molar-refractivity contribution in [1.82, 2.24) is 15.2 Å². The van der Waals surface area contributed by atoms with Crippen LogP contribution < -0.4 is 9.84 Å². The fourth-order valence-corrected chi connectivity index (χ4v) is 3.16. The molecule has 1 heterocycles. The Hall–Kier alpha value is -2.77. The maximum atomic E-state index is 11.6. The highest BCUT2D eigenvalue weighted by atomic mass is 35.5. The number of carbonyl (C=O) groups is 1. The van der Waals surface area contributed by atoms with E-state index in [1.54, 1.807) is 30.3 Å². The molecule has 0 spiro atoms. The Morgan fingerprint density at radius 2 is 2.00 bits per heavy atom. The van der Waals surface area contributed by atoms with Crippen LogP contribution >= 0.6 is 23.4 Å². The molecule has 0 radical (unpaired) electrons. The van der Waals surface area contributed by atoms with Gasteiger partial charge in [0, 0.05) is 21.9 Å². The predicted octanol–water partition coefficient (Wildman–Crippen LogP) is 3.48. The number of aromatic amines is 1. The van der Waals surface area contributed by atoms with Crippen LogP contribution in [0.25, 0.3) is 6.08 Å². The van der Waals surface area contributed by atoms with Gasteiger partial charge < -0.3 is 14.6 Å². The third-order valence-corrected chi connectivity index (χ3v) is 4.88. The first kappa shape index (κ1) is 20.0. The zero-order chi connectivity index (χ0) is 19.9. The molecule has 144 valence electrons. The number of hydrogen-bond acceptors (Lipinski definition) is 6. The molecule has 0 amide bonds. The summed E-state index contributed by atoms with van der Waals surface area (Å²) in [5.41, 5.74) is 1.57. The molecule has 0 saturated heterocycles. The topological polar surface area (TPSA) is 90.9 Å². The van der Waals surface area contributed by atoms with Crippen LogP contribution in [0.2, 0.25) is 5.02 Å². The van der Waals surface area contributed by atoms with Gasteiger partial charge in [-0.15, -0.1) is 5.10 Å². The van der Waals surface area contributed by atoms with Crippen molar-refractivity contribution in [2.75, 3.05) is 0 Å². The molecule has 0 aliphatic carbocycles. The molecular formula is C20H17ClN3O3S-. The van der Waals surface area contributed by atoms with E-state index in [0.29, 0.717) is 40.3 Å². The average molecular weight is 415 g/mol. The van der Waals surface area contributed by atoms with Gasteiger partial charge in [0.15, 0.2) is 0 Å². The van der Waals surface area contributed by atoms with E-state index in [-0.39, 0.29) is 4.91 Å². The fourth-order valence-electron chi connectivity index (χ4n) is 2.32. The quantitative estimate of drug-likeness (QED) is 0.448. The number of benzene rings is 2. The Kier molecular flexibility index (Phi) is 6.73. The molecule has 0 bridgehead atoms. The molecule has 0 unspecified atom stereocenters. The summed E-state index contributed by atoms with van der Waals surface area (Å²) in [6.07, 6.45) is 2.18. The number of H-pyrrole nitrogens is 1. The number of nitrogens with one attached hydrogen (secondary N) is 1. The van der Waals surface area contributed by atoms with Gasteiger partial charge in [0.1, 0.15) is 18.2 Å². The van der Waals surface area contributed by atoms with Crippen molar-refractivity contribution < 1.29 is 14.6 Å². The molecule has 1 N–H and O–H groups in total. The molecule has 6 nitrogen and oxygen atoms in total. The second-order valence-electron chi connectivity index (χ2n) is 5.77. The minimum Gasteiger partial charge on any atom is -0.544 e. The third kappa shape index (κ3) is 5.37. The fraction of sp³-hybridized carbons (Fsp3) is 0.150. The standard InChI is InChI=1S/C20H18ClN3O3S/c1-2-18-22-20(24-23-18)28-17(19(25)26)11-14-5-3-4-6-16(14)27-12-13-7-9-15(21)10-8-13/h3-11H,2,12H2,1H3,(H,25,26)(H,22,23,24)/p-1/b17-11+. The molecule has 1 aromatic heterocycles. The number of aromatic nitrogens is 3. The van der Waals surface area contributed by atoms with Crippen LogP contribution in [0, 0.1) is 0 Å². The predicted molar refractivity (Wildman–Crippen MR) is 107 cm³/mol. The van der Waals surface area contributed by atoms with E-state index in [4.69, 9.17) is 16.3 Å². The van der Waals surface area contributed by atoms with E-state index in [2.05, 4.69) is 15.2 Å². The van der Waals surface area contributed by atoms with Gasteiger partial charge in [-0.1, -0.05) is 48.9 Å². The van der Waals surface area contributed by atoms with Crippen LogP contribution in [0.1, 0.15) is 23.9 Å². The number of aryl methyl sites for hydroxylation is 1. The van der Waals surface area contributed by atoms with Crippen molar-refractivity contribution in [3.63, 3.8) is 0 Å². The van der Waals surface area contributed by atoms with Gasteiger partial charge >= 0.3 is 0 Å². The van der Waals surface area contributed by atoms with Gasteiger partial charge in [-0.05, 0) is 41.6 Å². The van der Waals surface area contributed by atoms with Gasteiger partial charge in [-0.3, -0.25) is 5.10 Å². The van der Waals surface area contributed by atoms with E-state index in [1.165, 1.54) is 6.08 Å². The number of hydrogen-bond donors (Lipinski definition) is 1. The first-order chi connectivity index (χ1) is 13.5. The number of halogens is 1. The molecule has 0 atom stereocenters. The molecule has 0 aliphatic heterocycles. The Balaban J connectivity index is 1.80. The average Bonchev–Trinajstić information content (AvgIpc) is 3.15. The van der Waals surface area contributed by atoms with Crippen LogP contribution in [-0.4, -0.2) is 21.2 Å². The molecular weight excluding hydrogens is 398 g/mol. The summed E-state index contributed by atoms with van der Waals surface area (Å²) < 4.78 is 5.87. The zero-order valence-corrected chi connectivity index (χ0v) is 16.6. The number of ether oxygens (including phenoxy) is 1. The summed E-state index contributed by atoms with van der Waals surface area (Å²) >= 11 is 6.82. The summed E-state index contributed by atoms with van der Waals surface area (Å²) in [4.78, 5) is 15.8. The second kappa shape index (κ2) is 9.43. The van der Waals surface area contributed by atoms with E-state index in [9.17, 15) is 9.90 Å². The Morgan fingerprint density at radius 1 is 1.25 bits per heavy atom. The van der Waals surface area contributed by atoms with E-state index < -0.39 is 5.97 Å². The molecule has 0 saturated carbocycles. The van der Waals surface area contributed by atoms with Crippen LogP contribution in [0.15, 0.2) is 58.6 Å². The monoisotopic (exact) mass is 414 g/mol. The Labute approximate surface area is 171 Å². The lowest BCUT2D eigenvalue weighted by molar-refractivity contribution is -0.297. The maximum absolute atomic E-state index is 11.6. The van der Waals surface area contributed by atoms with Gasteiger partial charge in [-0.25, -0.2) is 4.98 Å². The van der Waals surface area contributed by atoms with Crippen molar-refractivity contribution in [3.05, 3.63) is 75.4 Å². The van der Waals surface area contributed by atoms with Crippen LogP contribution in [0.4, 0.5) is 0 Å². The van der Waals surface area contributed by atoms with Crippen molar-refractivity contribution in [1.29, 1.82) is 0 Å². The highest BCUT2D eigenvalue weighted by Crippen LogP contribution is 2.29. The van der Waals surface area contributed by atoms with E-state index in [1.807, 2.05) is 25.1 Å².